The van der Waals surface area contributed by atoms with Crippen molar-refractivity contribution in [2.24, 2.45) is 0 Å². The fraction of sp³-hybridized carbons (Fsp3) is 0.391. The van der Waals surface area contributed by atoms with E-state index in [2.05, 4.69) is 41.5 Å². The lowest BCUT2D eigenvalue weighted by Crippen LogP contribution is -2.12. The molecule has 0 unspecified atom stereocenters. The lowest BCUT2D eigenvalue weighted by Gasteiger charge is -2.21. The summed E-state index contributed by atoms with van der Waals surface area (Å²) in [6.45, 7) is 14.0. The van der Waals surface area contributed by atoms with Gasteiger partial charge in [0.2, 0.25) is 0 Å². The van der Waals surface area contributed by atoms with Gasteiger partial charge >= 0.3 is 0 Å². The maximum atomic E-state index is 11.2. The van der Waals surface area contributed by atoms with Gasteiger partial charge < -0.3 is 0 Å². The van der Waals surface area contributed by atoms with E-state index in [9.17, 15) is 9.59 Å². The summed E-state index contributed by atoms with van der Waals surface area (Å²) in [6.07, 6.45) is 0.839. The van der Waals surface area contributed by atoms with Gasteiger partial charge in [0.25, 0.3) is 0 Å². The summed E-state index contributed by atoms with van der Waals surface area (Å²) in [5.41, 5.74) is 3.39. The topological polar surface area (TPSA) is 34.1 Å². The second kappa shape index (κ2) is 9.03. The third kappa shape index (κ3) is 6.79. The van der Waals surface area contributed by atoms with Crippen molar-refractivity contribution >= 4 is 35.3 Å². The Bertz CT molecular complexity index is 825. The van der Waals surface area contributed by atoms with Crippen molar-refractivity contribution in [1.29, 1.82) is 0 Å². The van der Waals surface area contributed by atoms with Crippen molar-refractivity contribution < 1.29 is 9.59 Å². The maximum Gasteiger partial charge on any atom is 0.159 e. The van der Waals surface area contributed by atoms with Crippen LogP contribution in [0.3, 0.4) is 0 Å². The average molecular weight is 407 g/mol. The van der Waals surface area contributed by atoms with E-state index in [0.29, 0.717) is 5.56 Å². The van der Waals surface area contributed by atoms with E-state index in [-0.39, 0.29) is 16.6 Å². The number of carbonyl (C=O) groups excluding carboxylic acids is 2. The highest BCUT2D eigenvalue weighted by Crippen LogP contribution is 2.30. The van der Waals surface area contributed by atoms with Crippen LogP contribution in [0.5, 0.6) is 0 Å². The van der Waals surface area contributed by atoms with Crippen LogP contribution in [-0.4, -0.2) is 12.1 Å². The second-order valence-corrected chi connectivity index (χ2v) is 9.42. The number of ketones is 1. The summed E-state index contributed by atoms with van der Waals surface area (Å²) in [6, 6.07) is 10.8. The van der Waals surface area contributed by atoms with Crippen LogP contribution in [0.15, 0.2) is 36.4 Å². The van der Waals surface area contributed by atoms with Gasteiger partial charge in [0.15, 0.2) is 5.78 Å². The molecule has 0 aliphatic heterocycles. The fourth-order valence-electron chi connectivity index (χ4n) is 2.51. The molecule has 0 radical (unpaired) electrons. The first kappa shape index (κ1) is 23.4. The molecule has 4 heteroatoms. The van der Waals surface area contributed by atoms with Crippen molar-refractivity contribution in [3.8, 4) is 0 Å². The molecule has 27 heavy (non-hydrogen) atoms. The molecule has 0 saturated heterocycles. The number of carbonyl (C=O) groups is 2. The van der Waals surface area contributed by atoms with E-state index >= 15 is 0 Å². The molecule has 2 aromatic carbocycles. The summed E-state index contributed by atoms with van der Waals surface area (Å²) < 4.78 is 0. The molecule has 0 heterocycles. The number of aldehydes is 1. The Morgan fingerprint density at radius 1 is 0.815 bits per heavy atom. The minimum absolute atomic E-state index is 0.0178. The zero-order valence-electron chi connectivity index (χ0n) is 17.1. The Morgan fingerprint density at radius 3 is 1.67 bits per heavy atom. The van der Waals surface area contributed by atoms with Gasteiger partial charge in [-0.3, -0.25) is 9.59 Å². The summed E-state index contributed by atoms with van der Waals surface area (Å²) in [5, 5.41) is 1.45. The molecule has 0 bridgehead atoms. The van der Waals surface area contributed by atoms with Gasteiger partial charge in [-0.2, -0.15) is 0 Å². The van der Waals surface area contributed by atoms with Crippen LogP contribution in [0.25, 0.3) is 0 Å². The fourth-order valence-corrected chi connectivity index (χ4v) is 3.31. The molecule has 2 rings (SSSR count). The summed E-state index contributed by atoms with van der Waals surface area (Å²) in [7, 11) is 0. The number of hydrogen-bond donors (Lipinski definition) is 0. The summed E-state index contributed by atoms with van der Waals surface area (Å²) in [4.78, 5) is 21.7. The highest BCUT2D eigenvalue weighted by Gasteiger charge is 2.18. The van der Waals surface area contributed by atoms with Crippen molar-refractivity contribution in [2.45, 2.75) is 59.3 Å². The number of benzene rings is 2. The van der Waals surface area contributed by atoms with E-state index < -0.39 is 0 Å². The molecule has 0 aliphatic carbocycles. The molecule has 0 aliphatic rings. The predicted molar refractivity (Wildman–Crippen MR) is 116 cm³/mol. The molecule has 2 nitrogen and oxygen atoms in total. The number of hydrogen-bond acceptors (Lipinski definition) is 2. The minimum Gasteiger partial charge on any atom is -0.298 e. The van der Waals surface area contributed by atoms with Gasteiger partial charge in [-0.1, -0.05) is 70.8 Å². The van der Waals surface area contributed by atoms with Crippen LogP contribution in [0, 0.1) is 0 Å². The first-order valence-corrected chi connectivity index (χ1v) is 9.59. The molecule has 2 aromatic rings. The molecule has 0 fully saturated rings. The van der Waals surface area contributed by atoms with Crippen molar-refractivity contribution in [3.63, 3.8) is 0 Å². The van der Waals surface area contributed by atoms with Crippen LogP contribution < -0.4 is 0 Å². The standard InChI is InChI=1S/C12H15ClO.C11H13ClO/c1-8(14)9-5-6-11(13)10(7-9)12(2,3)4;1-11(2,3)9-6-8(7-13)4-5-10(9)12/h5-7H,1-4H3;4-7H,1-3H3. The van der Waals surface area contributed by atoms with Gasteiger partial charge in [0, 0.05) is 21.2 Å². The zero-order valence-corrected chi connectivity index (χ0v) is 18.6. The van der Waals surface area contributed by atoms with E-state index in [0.717, 1.165) is 33.0 Å². The highest BCUT2D eigenvalue weighted by atomic mass is 35.5. The molecule has 0 spiro atoms. The molecule has 0 aromatic heterocycles. The maximum absolute atomic E-state index is 11.2. The summed E-state index contributed by atoms with van der Waals surface area (Å²) in [5.74, 6) is 0.0761. The molecular formula is C23H28Cl2O2. The average Bonchev–Trinajstić information content (AvgIpc) is 2.54. The quantitative estimate of drug-likeness (QED) is 0.387. The highest BCUT2D eigenvalue weighted by molar-refractivity contribution is 6.32. The van der Waals surface area contributed by atoms with E-state index in [1.54, 1.807) is 31.2 Å². The molecule has 0 N–H and O–H groups in total. The van der Waals surface area contributed by atoms with Crippen LogP contribution in [0.1, 0.15) is 80.3 Å². The third-order valence-corrected chi connectivity index (χ3v) is 4.77. The first-order chi connectivity index (χ1) is 12.3. The van der Waals surface area contributed by atoms with Crippen LogP contribution >= 0.6 is 23.2 Å². The Kier molecular flexibility index (Phi) is 7.83. The predicted octanol–water partition coefficient (Wildman–Crippen LogP) is 7.29. The second-order valence-electron chi connectivity index (χ2n) is 8.61. The first-order valence-electron chi connectivity index (χ1n) is 8.83. The number of halogens is 2. The van der Waals surface area contributed by atoms with Gasteiger partial charge in [-0.15, -0.1) is 0 Å². The van der Waals surface area contributed by atoms with Crippen molar-refractivity contribution in [3.05, 3.63) is 68.7 Å². The van der Waals surface area contributed by atoms with E-state index in [4.69, 9.17) is 23.2 Å². The lowest BCUT2D eigenvalue weighted by molar-refractivity contribution is 0.101. The molecule has 0 atom stereocenters. The number of Topliss-reactive ketones (excluding diaryl/α,β-unsaturated/α-hetero) is 1. The van der Waals surface area contributed by atoms with E-state index in [1.165, 1.54) is 0 Å². The molecule has 0 saturated carbocycles. The Labute approximate surface area is 172 Å². The van der Waals surface area contributed by atoms with Gasteiger partial charge in [-0.05, 0) is 59.2 Å². The monoisotopic (exact) mass is 406 g/mol. The SMILES string of the molecule is CC(=O)c1ccc(Cl)c(C(C)(C)C)c1.CC(C)(C)c1cc(C=O)ccc1Cl. The zero-order chi connectivity index (χ0) is 21.0. The Balaban J connectivity index is 0.000000271. The van der Waals surface area contributed by atoms with Gasteiger partial charge in [0.05, 0.1) is 0 Å². The largest absolute Gasteiger partial charge is 0.298 e. The smallest absolute Gasteiger partial charge is 0.159 e. The molecular weight excluding hydrogens is 379 g/mol. The lowest BCUT2D eigenvalue weighted by atomic mass is 9.86. The third-order valence-electron chi connectivity index (χ3n) is 4.12. The van der Waals surface area contributed by atoms with Crippen molar-refractivity contribution in [1.82, 2.24) is 0 Å². The van der Waals surface area contributed by atoms with Crippen LogP contribution in [-0.2, 0) is 10.8 Å². The summed E-state index contributed by atoms with van der Waals surface area (Å²) >= 11 is 12.1. The Hall–Kier alpha value is -1.64. The van der Waals surface area contributed by atoms with Gasteiger partial charge in [0.1, 0.15) is 6.29 Å². The van der Waals surface area contributed by atoms with E-state index in [1.807, 2.05) is 12.1 Å². The van der Waals surface area contributed by atoms with Crippen LogP contribution in [0.4, 0.5) is 0 Å². The molecule has 146 valence electrons. The normalized spacial score (nSPS) is 11.4. The number of rotatable bonds is 2. The Morgan fingerprint density at radius 2 is 1.26 bits per heavy atom. The van der Waals surface area contributed by atoms with Gasteiger partial charge in [-0.25, -0.2) is 0 Å². The minimum atomic E-state index is -0.0253. The van der Waals surface area contributed by atoms with Crippen molar-refractivity contribution in [2.75, 3.05) is 0 Å². The molecule has 0 amide bonds. The van der Waals surface area contributed by atoms with Crippen LogP contribution in [0.2, 0.25) is 10.0 Å².